The van der Waals surface area contributed by atoms with Gasteiger partial charge in [0, 0.05) is 36.3 Å². The summed E-state index contributed by atoms with van der Waals surface area (Å²) >= 11 is 1.38. The van der Waals surface area contributed by atoms with E-state index < -0.39 is 0 Å². The highest BCUT2D eigenvalue weighted by atomic mass is 32.1. The minimum atomic E-state index is -0.234. The van der Waals surface area contributed by atoms with Gasteiger partial charge in [-0.25, -0.2) is 15.0 Å². The van der Waals surface area contributed by atoms with Gasteiger partial charge >= 0.3 is 0 Å². The van der Waals surface area contributed by atoms with E-state index in [1.54, 1.807) is 24.1 Å². The third kappa shape index (κ3) is 3.33. The van der Waals surface area contributed by atoms with Crippen molar-refractivity contribution in [2.75, 3.05) is 19.7 Å². The van der Waals surface area contributed by atoms with Gasteiger partial charge in [0.2, 0.25) is 0 Å². The number of aromatic nitrogens is 4. The number of hydrogen-bond acceptors (Lipinski definition) is 7. The van der Waals surface area contributed by atoms with E-state index in [0.717, 1.165) is 22.5 Å². The standard InChI is InChI=1S/C18H17N5O2S/c1-12-17(26-11-22-12)18(24)23-4-5-25-16(9-23)15-3-2-13(8-21-15)14-6-19-10-20-7-14/h2-3,6-8,10-11,16H,4-5,9H2,1H3. The predicted octanol–water partition coefficient (Wildman–Crippen LogP) is 2.52. The van der Waals surface area contributed by atoms with Gasteiger partial charge in [0.15, 0.2) is 0 Å². The number of ether oxygens (including phenoxy) is 1. The van der Waals surface area contributed by atoms with Crippen LogP contribution in [0.5, 0.6) is 0 Å². The van der Waals surface area contributed by atoms with Crippen LogP contribution < -0.4 is 0 Å². The van der Waals surface area contributed by atoms with Gasteiger partial charge in [0.1, 0.15) is 17.3 Å². The molecule has 1 fully saturated rings. The summed E-state index contributed by atoms with van der Waals surface area (Å²) in [5.41, 5.74) is 5.14. The van der Waals surface area contributed by atoms with Crippen molar-refractivity contribution < 1.29 is 9.53 Å². The third-order valence-electron chi connectivity index (χ3n) is 4.30. The number of carbonyl (C=O) groups is 1. The molecule has 26 heavy (non-hydrogen) atoms. The first-order chi connectivity index (χ1) is 12.7. The van der Waals surface area contributed by atoms with Gasteiger partial charge in [-0.3, -0.25) is 9.78 Å². The number of thiazole rings is 1. The van der Waals surface area contributed by atoms with Gasteiger partial charge < -0.3 is 9.64 Å². The highest BCUT2D eigenvalue weighted by molar-refractivity contribution is 7.11. The van der Waals surface area contributed by atoms with E-state index in [0.29, 0.717) is 24.6 Å². The highest BCUT2D eigenvalue weighted by Gasteiger charge is 2.28. The molecule has 3 aromatic rings. The molecule has 1 saturated heterocycles. The Morgan fingerprint density at radius 2 is 2.04 bits per heavy atom. The first-order valence-corrected chi connectivity index (χ1v) is 9.12. The summed E-state index contributed by atoms with van der Waals surface area (Å²) in [7, 11) is 0. The summed E-state index contributed by atoms with van der Waals surface area (Å²) in [4.78, 5) is 31.9. The van der Waals surface area contributed by atoms with Crippen LogP contribution >= 0.6 is 11.3 Å². The van der Waals surface area contributed by atoms with Gasteiger partial charge in [-0.1, -0.05) is 6.07 Å². The maximum Gasteiger partial charge on any atom is 0.266 e. The molecule has 7 nitrogen and oxygen atoms in total. The molecule has 1 unspecified atom stereocenters. The van der Waals surface area contributed by atoms with Crippen molar-refractivity contribution >= 4 is 17.2 Å². The van der Waals surface area contributed by atoms with Crippen molar-refractivity contribution in [3.05, 3.63) is 58.8 Å². The second kappa shape index (κ2) is 7.27. The van der Waals surface area contributed by atoms with Crippen LogP contribution in [0.25, 0.3) is 11.1 Å². The Morgan fingerprint density at radius 3 is 2.73 bits per heavy atom. The number of morpholine rings is 1. The SMILES string of the molecule is Cc1ncsc1C(=O)N1CCOC(c2ccc(-c3cncnc3)cn2)C1. The number of rotatable bonds is 3. The molecule has 1 amide bonds. The normalized spacial score (nSPS) is 17.3. The molecule has 4 heterocycles. The van der Waals surface area contributed by atoms with Crippen molar-refractivity contribution in [3.8, 4) is 11.1 Å². The Bertz CT molecular complexity index is 897. The predicted molar refractivity (Wildman–Crippen MR) is 96.7 cm³/mol. The quantitative estimate of drug-likeness (QED) is 0.708. The minimum absolute atomic E-state index is 0.0105. The smallest absolute Gasteiger partial charge is 0.266 e. The average Bonchev–Trinajstić information content (AvgIpc) is 3.14. The first-order valence-electron chi connectivity index (χ1n) is 8.24. The van der Waals surface area contributed by atoms with Crippen LogP contribution in [0.1, 0.15) is 27.2 Å². The van der Waals surface area contributed by atoms with Gasteiger partial charge in [-0.15, -0.1) is 11.3 Å². The van der Waals surface area contributed by atoms with Crippen LogP contribution in [0, 0.1) is 6.92 Å². The molecule has 0 radical (unpaired) electrons. The molecular formula is C18H17N5O2S. The van der Waals surface area contributed by atoms with Crippen LogP contribution in [0.3, 0.4) is 0 Å². The largest absolute Gasteiger partial charge is 0.368 e. The van der Waals surface area contributed by atoms with Gasteiger partial charge in [-0.2, -0.15) is 0 Å². The summed E-state index contributed by atoms with van der Waals surface area (Å²) in [6, 6.07) is 3.90. The second-order valence-corrected chi connectivity index (χ2v) is 6.83. The number of carbonyl (C=O) groups excluding carboxylic acids is 1. The lowest BCUT2D eigenvalue weighted by Gasteiger charge is -2.32. The Kier molecular flexibility index (Phi) is 4.68. The Hall–Kier alpha value is -2.71. The van der Waals surface area contributed by atoms with E-state index >= 15 is 0 Å². The fourth-order valence-electron chi connectivity index (χ4n) is 2.88. The Morgan fingerprint density at radius 1 is 1.19 bits per heavy atom. The molecule has 3 aromatic heterocycles. The molecule has 132 valence electrons. The van der Waals surface area contributed by atoms with E-state index in [1.807, 2.05) is 24.0 Å². The van der Waals surface area contributed by atoms with Crippen LogP contribution in [-0.2, 0) is 4.74 Å². The van der Waals surface area contributed by atoms with E-state index in [1.165, 1.54) is 17.7 Å². The monoisotopic (exact) mass is 367 g/mol. The van der Waals surface area contributed by atoms with Crippen molar-refractivity contribution in [1.29, 1.82) is 0 Å². The average molecular weight is 367 g/mol. The van der Waals surface area contributed by atoms with E-state index in [2.05, 4.69) is 19.9 Å². The zero-order valence-corrected chi connectivity index (χ0v) is 15.0. The van der Waals surface area contributed by atoms with E-state index in [-0.39, 0.29) is 12.0 Å². The van der Waals surface area contributed by atoms with Gasteiger partial charge in [-0.05, 0) is 13.0 Å². The van der Waals surface area contributed by atoms with Gasteiger partial charge in [0.05, 0.1) is 30.1 Å². The van der Waals surface area contributed by atoms with Crippen LogP contribution in [0.15, 0.2) is 42.6 Å². The Labute approximate surface area is 154 Å². The Balaban J connectivity index is 1.49. The lowest BCUT2D eigenvalue weighted by atomic mass is 10.1. The van der Waals surface area contributed by atoms with E-state index in [4.69, 9.17) is 4.74 Å². The molecule has 0 spiro atoms. The molecule has 8 heteroatoms. The summed E-state index contributed by atoms with van der Waals surface area (Å²) in [6.45, 7) is 3.41. The molecule has 1 atom stereocenters. The summed E-state index contributed by atoms with van der Waals surface area (Å²) in [5, 5.41) is 0. The first kappa shape index (κ1) is 16.7. The second-order valence-electron chi connectivity index (χ2n) is 5.98. The molecule has 4 rings (SSSR count). The summed E-state index contributed by atoms with van der Waals surface area (Å²) in [6.07, 6.45) is 6.54. The van der Waals surface area contributed by atoms with Crippen molar-refractivity contribution in [2.45, 2.75) is 13.0 Å². The summed E-state index contributed by atoms with van der Waals surface area (Å²) in [5.74, 6) is 0.0105. The van der Waals surface area contributed by atoms with Crippen LogP contribution in [-0.4, -0.2) is 50.4 Å². The van der Waals surface area contributed by atoms with Crippen LogP contribution in [0.4, 0.5) is 0 Å². The zero-order valence-electron chi connectivity index (χ0n) is 14.2. The maximum atomic E-state index is 12.7. The summed E-state index contributed by atoms with van der Waals surface area (Å²) < 4.78 is 5.84. The zero-order chi connectivity index (χ0) is 17.9. The third-order valence-corrected chi connectivity index (χ3v) is 5.22. The van der Waals surface area contributed by atoms with Crippen molar-refractivity contribution in [1.82, 2.24) is 24.8 Å². The fraction of sp³-hybridized carbons (Fsp3) is 0.278. The topological polar surface area (TPSA) is 81.1 Å². The molecule has 0 aromatic carbocycles. The molecule has 0 N–H and O–H groups in total. The number of pyridine rings is 1. The molecule has 0 saturated carbocycles. The maximum absolute atomic E-state index is 12.7. The van der Waals surface area contributed by atoms with Crippen molar-refractivity contribution in [3.63, 3.8) is 0 Å². The minimum Gasteiger partial charge on any atom is -0.368 e. The molecule has 0 aliphatic carbocycles. The number of hydrogen-bond donors (Lipinski definition) is 0. The molecule has 1 aliphatic heterocycles. The van der Waals surface area contributed by atoms with Crippen molar-refractivity contribution in [2.24, 2.45) is 0 Å². The fourth-order valence-corrected chi connectivity index (χ4v) is 3.65. The van der Waals surface area contributed by atoms with E-state index in [9.17, 15) is 4.79 Å². The number of amides is 1. The van der Waals surface area contributed by atoms with Gasteiger partial charge in [0.25, 0.3) is 5.91 Å². The lowest BCUT2D eigenvalue weighted by molar-refractivity contribution is -0.0245. The van der Waals surface area contributed by atoms with Crippen LogP contribution in [0.2, 0.25) is 0 Å². The lowest BCUT2D eigenvalue weighted by Crippen LogP contribution is -2.42. The highest BCUT2D eigenvalue weighted by Crippen LogP contribution is 2.25. The molecular weight excluding hydrogens is 350 g/mol. The number of nitrogens with zero attached hydrogens (tertiary/aromatic N) is 5. The number of aryl methyl sites for hydroxylation is 1. The molecule has 0 bridgehead atoms. The molecule has 1 aliphatic rings.